The smallest absolute Gasteiger partial charge is 0.359 e. The van der Waals surface area contributed by atoms with Gasteiger partial charge in [-0.05, 0) is 12.2 Å². The van der Waals surface area contributed by atoms with Crippen LogP contribution in [0, 0.1) is 0 Å². The lowest BCUT2D eigenvalue weighted by Crippen LogP contribution is -2.27. The van der Waals surface area contributed by atoms with Crippen molar-refractivity contribution in [2.45, 2.75) is 13.3 Å². The molecule has 0 aromatic carbocycles. The van der Waals surface area contributed by atoms with E-state index in [1.165, 1.54) is 0 Å². The molecule has 0 saturated heterocycles. The van der Waals surface area contributed by atoms with Crippen molar-refractivity contribution in [1.82, 2.24) is 0 Å². The summed E-state index contributed by atoms with van der Waals surface area (Å²) < 4.78 is 15.2. The first-order valence-electron chi connectivity index (χ1n) is 3.45. The van der Waals surface area contributed by atoms with Crippen LogP contribution in [0.5, 0.6) is 0 Å². The van der Waals surface area contributed by atoms with Crippen LogP contribution in [0.25, 0.3) is 0 Å². The van der Waals surface area contributed by atoms with Gasteiger partial charge in [0.25, 0.3) is 0 Å². The van der Waals surface area contributed by atoms with Crippen LogP contribution in [0.1, 0.15) is 13.3 Å². The summed E-state index contributed by atoms with van der Waals surface area (Å²) in [4.78, 5) is 0. The number of ether oxygens (including phenoxy) is 1. The average Bonchev–Trinajstić information content (AvgIpc) is 2.06. The van der Waals surface area contributed by atoms with E-state index < -0.39 is 9.28 Å². The molecular formula is C6H14O3SSi. The standard InChI is InChI=1S/C6H14O3SSi/c1-4-6(10)9-5-11(7-2)8-3/h11H,4-5H2,1-3H3. The van der Waals surface area contributed by atoms with Crippen LogP contribution < -0.4 is 0 Å². The van der Waals surface area contributed by atoms with Crippen molar-refractivity contribution in [2.24, 2.45) is 0 Å². The van der Waals surface area contributed by atoms with Crippen LogP contribution in [0.2, 0.25) is 0 Å². The van der Waals surface area contributed by atoms with Gasteiger partial charge in [0.1, 0.15) is 6.23 Å². The molecule has 0 amide bonds. The molecule has 66 valence electrons. The van der Waals surface area contributed by atoms with Gasteiger partial charge in [0.15, 0.2) is 5.05 Å². The summed E-state index contributed by atoms with van der Waals surface area (Å²) in [5.41, 5.74) is 0. The van der Waals surface area contributed by atoms with Crippen LogP contribution in [0.3, 0.4) is 0 Å². The Bertz CT molecular complexity index is 116. The fourth-order valence-corrected chi connectivity index (χ4v) is 1.49. The minimum atomic E-state index is -1.57. The van der Waals surface area contributed by atoms with Gasteiger partial charge in [0, 0.05) is 20.6 Å². The third kappa shape index (κ3) is 5.31. The highest BCUT2D eigenvalue weighted by Gasteiger charge is 2.10. The fraction of sp³-hybridized carbons (Fsp3) is 0.833. The Morgan fingerprint density at radius 2 is 1.91 bits per heavy atom. The Morgan fingerprint density at radius 1 is 1.36 bits per heavy atom. The quantitative estimate of drug-likeness (QED) is 0.478. The fourth-order valence-electron chi connectivity index (χ4n) is 0.495. The van der Waals surface area contributed by atoms with E-state index >= 15 is 0 Å². The highest BCUT2D eigenvalue weighted by molar-refractivity contribution is 7.80. The van der Waals surface area contributed by atoms with E-state index in [0.29, 0.717) is 11.3 Å². The van der Waals surface area contributed by atoms with Gasteiger partial charge in [-0.3, -0.25) is 0 Å². The third-order valence-corrected chi connectivity index (χ3v) is 3.09. The van der Waals surface area contributed by atoms with E-state index in [1.807, 2.05) is 6.92 Å². The predicted octanol–water partition coefficient (Wildman–Crippen LogP) is 0.793. The van der Waals surface area contributed by atoms with Crippen molar-refractivity contribution in [3.63, 3.8) is 0 Å². The Hall–Kier alpha value is 0.0269. The van der Waals surface area contributed by atoms with Gasteiger partial charge < -0.3 is 13.6 Å². The number of rotatable bonds is 5. The van der Waals surface area contributed by atoms with E-state index in [4.69, 9.17) is 25.8 Å². The SMILES string of the molecule is CCC(=S)OC[SiH](OC)OC. The third-order valence-electron chi connectivity index (χ3n) is 1.19. The molecule has 0 rings (SSSR count). The van der Waals surface area contributed by atoms with Crippen LogP contribution >= 0.6 is 12.2 Å². The first-order chi connectivity index (χ1) is 5.24. The predicted molar refractivity (Wildman–Crippen MR) is 50.0 cm³/mol. The van der Waals surface area contributed by atoms with Gasteiger partial charge in [-0.15, -0.1) is 0 Å². The molecule has 0 fully saturated rings. The molecule has 0 aliphatic heterocycles. The van der Waals surface area contributed by atoms with Gasteiger partial charge in [0.05, 0.1) is 0 Å². The summed E-state index contributed by atoms with van der Waals surface area (Å²) >= 11 is 4.86. The molecule has 3 nitrogen and oxygen atoms in total. The van der Waals surface area contributed by atoms with Crippen LogP contribution in [-0.4, -0.2) is 34.8 Å². The summed E-state index contributed by atoms with van der Waals surface area (Å²) in [7, 11) is 1.68. The Morgan fingerprint density at radius 3 is 2.27 bits per heavy atom. The van der Waals surface area contributed by atoms with Crippen molar-refractivity contribution >= 4 is 26.6 Å². The normalized spacial score (nSPS) is 10.2. The van der Waals surface area contributed by atoms with Crippen molar-refractivity contribution in [2.75, 3.05) is 20.4 Å². The Balaban J connectivity index is 3.42. The second-order valence-electron chi connectivity index (χ2n) is 1.94. The molecule has 0 aromatic heterocycles. The Kier molecular flexibility index (Phi) is 6.74. The van der Waals surface area contributed by atoms with Gasteiger partial charge in [0.2, 0.25) is 0 Å². The second kappa shape index (κ2) is 6.72. The zero-order chi connectivity index (χ0) is 8.69. The van der Waals surface area contributed by atoms with E-state index in [2.05, 4.69) is 0 Å². The molecule has 0 saturated carbocycles. The maximum atomic E-state index is 5.18. The molecule has 0 atom stereocenters. The lowest BCUT2D eigenvalue weighted by atomic mass is 10.5. The maximum Gasteiger partial charge on any atom is 0.359 e. The number of hydrogen-bond acceptors (Lipinski definition) is 4. The van der Waals surface area contributed by atoms with E-state index in [9.17, 15) is 0 Å². The molecule has 0 spiro atoms. The zero-order valence-electron chi connectivity index (χ0n) is 7.12. The summed E-state index contributed by atoms with van der Waals surface area (Å²) in [5.74, 6) is 0. The molecule has 0 aliphatic carbocycles. The molecular weight excluding hydrogens is 180 g/mol. The first-order valence-corrected chi connectivity index (χ1v) is 5.62. The van der Waals surface area contributed by atoms with Crippen molar-refractivity contribution < 1.29 is 13.6 Å². The lowest BCUT2D eigenvalue weighted by Gasteiger charge is -2.11. The summed E-state index contributed by atoms with van der Waals surface area (Å²) in [6, 6.07) is 0. The van der Waals surface area contributed by atoms with Gasteiger partial charge >= 0.3 is 9.28 Å². The molecule has 0 aromatic rings. The van der Waals surface area contributed by atoms with Crippen molar-refractivity contribution in [3.8, 4) is 0 Å². The van der Waals surface area contributed by atoms with Gasteiger partial charge in [-0.25, -0.2) is 0 Å². The first kappa shape index (κ1) is 11.0. The van der Waals surface area contributed by atoms with Crippen LogP contribution in [0.4, 0.5) is 0 Å². The Labute approximate surface area is 74.5 Å². The lowest BCUT2D eigenvalue weighted by molar-refractivity contribution is 0.233. The van der Waals surface area contributed by atoms with E-state index in [-0.39, 0.29) is 0 Å². The second-order valence-corrected chi connectivity index (χ2v) is 4.53. The maximum absolute atomic E-state index is 5.18. The molecule has 5 heteroatoms. The molecule has 11 heavy (non-hydrogen) atoms. The molecule has 0 unspecified atom stereocenters. The van der Waals surface area contributed by atoms with Crippen molar-refractivity contribution in [1.29, 1.82) is 0 Å². The molecule has 0 heterocycles. The van der Waals surface area contributed by atoms with Gasteiger partial charge in [-0.1, -0.05) is 6.92 Å². The zero-order valence-corrected chi connectivity index (χ0v) is 9.10. The highest BCUT2D eigenvalue weighted by atomic mass is 32.1. The van der Waals surface area contributed by atoms with E-state index in [0.717, 1.165) is 6.42 Å². The molecule has 0 aliphatic rings. The minimum absolute atomic E-state index is 0.500. The van der Waals surface area contributed by atoms with Gasteiger partial charge in [-0.2, -0.15) is 0 Å². The monoisotopic (exact) mass is 194 g/mol. The molecule has 0 bridgehead atoms. The topological polar surface area (TPSA) is 27.7 Å². The number of thiocarbonyl (C=S) groups is 1. The van der Waals surface area contributed by atoms with Crippen molar-refractivity contribution in [3.05, 3.63) is 0 Å². The summed E-state index contributed by atoms with van der Waals surface area (Å²) in [6.45, 7) is 1.96. The largest absolute Gasteiger partial charge is 0.485 e. The highest BCUT2D eigenvalue weighted by Crippen LogP contribution is 1.92. The summed E-state index contributed by atoms with van der Waals surface area (Å²) in [5, 5.41) is 0.622. The molecule has 0 radical (unpaired) electrons. The summed E-state index contributed by atoms with van der Waals surface area (Å²) in [6.07, 6.45) is 1.27. The average molecular weight is 194 g/mol. The van der Waals surface area contributed by atoms with Crippen LogP contribution in [-0.2, 0) is 13.6 Å². The number of hydrogen-bond donors (Lipinski definition) is 0. The minimum Gasteiger partial charge on any atom is -0.485 e. The molecule has 0 N–H and O–H groups in total. The van der Waals surface area contributed by atoms with Crippen LogP contribution in [0.15, 0.2) is 0 Å². The van der Waals surface area contributed by atoms with E-state index in [1.54, 1.807) is 14.2 Å².